The highest BCUT2D eigenvalue weighted by atomic mass is 32.2. The summed E-state index contributed by atoms with van der Waals surface area (Å²) in [5.41, 5.74) is 0.254. The van der Waals surface area contributed by atoms with Crippen LogP contribution in [0.4, 0.5) is 5.69 Å². The lowest BCUT2D eigenvalue weighted by Crippen LogP contribution is -2.50. The van der Waals surface area contributed by atoms with Crippen LogP contribution in [0.5, 0.6) is 5.75 Å². The molecule has 12 nitrogen and oxygen atoms in total. The van der Waals surface area contributed by atoms with Gasteiger partial charge in [0.25, 0.3) is 26.0 Å². The van der Waals surface area contributed by atoms with Gasteiger partial charge < -0.3 is 19.3 Å². The average Bonchev–Trinajstić information content (AvgIpc) is 3.59. The number of carbonyl (C=O) groups excluding carboxylic acids is 1. The number of anilines is 1. The van der Waals surface area contributed by atoms with E-state index >= 15 is 0 Å². The molecule has 1 aliphatic heterocycles. The number of likely N-dealkylation sites (N-methyl/N-ethyl adjacent to an activating group) is 1. The van der Waals surface area contributed by atoms with Crippen LogP contribution in [-0.2, 0) is 27.1 Å². The lowest BCUT2D eigenvalue weighted by molar-refractivity contribution is 0.0387. The number of aryl methyl sites for hydroxylation is 1. The summed E-state index contributed by atoms with van der Waals surface area (Å²) in [6, 6.07) is 6.90. The maximum Gasteiger partial charge on any atom is 0.271 e. The highest BCUT2D eigenvalue weighted by Gasteiger charge is 2.36. The van der Waals surface area contributed by atoms with Gasteiger partial charge in [-0.25, -0.2) is 21.8 Å². The number of carbonyl (C=O) groups is 1. The quantitative estimate of drug-likeness (QED) is 0.379. The Balaban J connectivity index is 1.68. The number of sulfonamides is 2. The van der Waals surface area contributed by atoms with Gasteiger partial charge in [-0.15, -0.1) is 11.3 Å². The van der Waals surface area contributed by atoms with Crippen LogP contribution in [0.25, 0.3) is 0 Å². The molecule has 3 atom stereocenters. The SMILES string of the molecule is C[C@@H]1CN([C@@H](C)CO)C(=O)c2cc(NS(=O)(=O)c3cccs3)ccc2O[C@@H]1CN(C)S(=O)(=O)c1cn(C)cn1. The highest BCUT2D eigenvalue weighted by molar-refractivity contribution is 7.94. The van der Waals surface area contributed by atoms with Crippen LogP contribution in [0.2, 0.25) is 0 Å². The number of fused-ring (bicyclic) bond motifs is 1. The Bertz CT molecular complexity index is 1540. The van der Waals surface area contributed by atoms with Gasteiger partial charge in [0.1, 0.15) is 16.1 Å². The van der Waals surface area contributed by atoms with E-state index in [4.69, 9.17) is 4.74 Å². The van der Waals surface area contributed by atoms with Crippen LogP contribution in [0.3, 0.4) is 0 Å². The van der Waals surface area contributed by atoms with E-state index in [9.17, 15) is 26.7 Å². The van der Waals surface area contributed by atoms with Gasteiger partial charge in [0, 0.05) is 38.4 Å². The number of aromatic nitrogens is 2. The molecule has 15 heteroatoms. The third kappa shape index (κ3) is 6.11. The van der Waals surface area contributed by atoms with Crippen molar-refractivity contribution in [1.82, 2.24) is 18.8 Å². The van der Waals surface area contributed by atoms with E-state index in [1.54, 1.807) is 25.4 Å². The number of nitrogens with zero attached hydrogens (tertiary/aromatic N) is 4. The minimum atomic E-state index is -3.91. The van der Waals surface area contributed by atoms with E-state index in [1.807, 2.05) is 6.92 Å². The van der Waals surface area contributed by atoms with Gasteiger partial charge in [0.2, 0.25) is 0 Å². The number of imidazole rings is 1. The maximum absolute atomic E-state index is 13.6. The summed E-state index contributed by atoms with van der Waals surface area (Å²) in [7, 11) is -4.66. The highest BCUT2D eigenvalue weighted by Crippen LogP contribution is 2.32. The molecule has 39 heavy (non-hydrogen) atoms. The molecule has 4 rings (SSSR count). The van der Waals surface area contributed by atoms with Crippen molar-refractivity contribution in [3.05, 3.63) is 53.8 Å². The van der Waals surface area contributed by atoms with Gasteiger partial charge >= 0.3 is 0 Å². The second-order valence-electron chi connectivity index (χ2n) is 9.53. The van der Waals surface area contributed by atoms with Gasteiger partial charge in [0.15, 0.2) is 5.03 Å². The Morgan fingerprint density at radius 2 is 2.03 bits per heavy atom. The Morgan fingerprint density at radius 3 is 2.64 bits per heavy atom. The summed E-state index contributed by atoms with van der Waals surface area (Å²) < 4.78 is 63.2. The Labute approximate surface area is 231 Å². The fourth-order valence-corrected chi connectivity index (χ4v) is 7.34. The molecular formula is C24H31N5O7S3. The smallest absolute Gasteiger partial charge is 0.271 e. The van der Waals surface area contributed by atoms with Crippen LogP contribution in [0.1, 0.15) is 24.2 Å². The number of thiophene rings is 1. The zero-order valence-corrected chi connectivity index (χ0v) is 24.3. The average molecular weight is 598 g/mol. The Morgan fingerprint density at radius 1 is 1.28 bits per heavy atom. The van der Waals surface area contributed by atoms with Crippen LogP contribution >= 0.6 is 11.3 Å². The summed E-state index contributed by atoms with van der Waals surface area (Å²) in [5, 5.41) is 11.4. The van der Waals surface area contributed by atoms with Crippen molar-refractivity contribution in [2.75, 3.05) is 31.5 Å². The molecule has 1 aromatic carbocycles. The molecule has 0 unspecified atom stereocenters. The third-order valence-electron chi connectivity index (χ3n) is 6.47. The number of aliphatic hydroxyl groups excluding tert-OH is 1. The first-order valence-corrected chi connectivity index (χ1v) is 15.9. The zero-order chi connectivity index (χ0) is 28.5. The molecule has 3 aromatic rings. The van der Waals surface area contributed by atoms with Crippen molar-refractivity contribution < 1.29 is 31.5 Å². The number of ether oxygens (including phenoxy) is 1. The molecule has 1 amide bonds. The molecular weight excluding hydrogens is 566 g/mol. The van der Waals surface area contributed by atoms with Crippen LogP contribution in [0, 0.1) is 5.92 Å². The Kier molecular flexibility index (Phi) is 8.37. The molecule has 3 heterocycles. The van der Waals surface area contributed by atoms with E-state index in [1.165, 1.54) is 53.3 Å². The van der Waals surface area contributed by atoms with Gasteiger partial charge in [-0.3, -0.25) is 9.52 Å². The monoisotopic (exact) mass is 597 g/mol. The van der Waals surface area contributed by atoms with Gasteiger partial charge in [-0.05, 0) is 36.6 Å². The van der Waals surface area contributed by atoms with E-state index in [2.05, 4.69) is 9.71 Å². The number of benzene rings is 1. The molecule has 212 valence electrons. The van der Waals surface area contributed by atoms with Crippen LogP contribution < -0.4 is 9.46 Å². The van der Waals surface area contributed by atoms with Gasteiger partial charge in [-0.1, -0.05) is 13.0 Å². The third-order valence-corrected chi connectivity index (χ3v) is 11.0. The predicted molar refractivity (Wildman–Crippen MR) is 146 cm³/mol. The summed E-state index contributed by atoms with van der Waals surface area (Å²) in [4.78, 5) is 19.1. The first kappa shape index (κ1) is 29.0. The van der Waals surface area contributed by atoms with Crippen molar-refractivity contribution >= 4 is 43.0 Å². The fraction of sp³-hybridized carbons (Fsp3) is 0.417. The molecule has 2 N–H and O–H groups in total. The van der Waals surface area contributed by atoms with Crippen molar-refractivity contribution in [3.63, 3.8) is 0 Å². The van der Waals surface area contributed by atoms with E-state index < -0.39 is 38.1 Å². The molecule has 1 aliphatic rings. The van der Waals surface area contributed by atoms with Crippen LogP contribution in [0.15, 0.2) is 57.5 Å². The largest absolute Gasteiger partial charge is 0.488 e. The minimum absolute atomic E-state index is 0.0399. The van der Waals surface area contributed by atoms with Crippen LogP contribution in [-0.4, -0.2) is 85.5 Å². The number of hydrogen-bond acceptors (Lipinski definition) is 9. The van der Waals surface area contributed by atoms with Crippen molar-refractivity contribution in [1.29, 1.82) is 0 Å². The van der Waals surface area contributed by atoms with Crippen molar-refractivity contribution in [3.8, 4) is 5.75 Å². The zero-order valence-electron chi connectivity index (χ0n) is 21.9. The molecule has 0 spiro atoms. The molecule has 0 saturated heterocycles. The normalized spacial score (nSPS) is 19.2. The lowest BCUT2D eigenvalue weighted by Gasteiger charge is -2.38. The molecule has 0 aliphatic carbocycles. The number of rotatable bonds is 9. The van der Waals surface area contributed by atoms with E-state index in [-0.39, 0.29) is 51.8 Å². The topological polar surface area (TPSA) is 151 Å². The summed E-state index contributed by atoms with van der Waals surface area (Å²) >= 11 is 1.06. The molecule has 0 bridgehead atoms. The predicted octanol–water partition coefficient (Wildman–Crippen LogP) is 1.82. The van der Waals surface area contributed by atoms with E-state index in [0.717, 1.165) is 15.6 Å². The Hall–Kier alpha value is -2.98. The summed E-state index contributed by atoms with van der Waals surface area (Å²) in [6.45, 7) is 3.38. The maximum atomic E-state index is 13.6. The van der Waals surface area contributed by atoms with Crippen molar-refractivity contribution in [2.24, 2.45) is 13.0 Å². The first-order chi connectivity index (χ1) is 18.3. The van der Waals surface area contributed by atoms with Gasteiger partial charge in [0.05, 0.1) is 31.1 Å². The summed E-state index contributed by atoms with van der Waals surface area (Å²) in [5.74, 6) is -0.590. The minimum Gasteiger partial charge on any atom is -0.488 e. The number of amides is 1. The van der Waals surface area contributed by atoms with Gasteiger partial charge in [-0.2, -0.15) is 4.31 Å². The fourth-order valence-electron chi connectivity index (χ4n) is 4.16. The lowest BCUT2D eigenvalue weighted by atomic mass is 9.99. The molecule has 0 radical (unpaired) electrons. The standard InChI is InChI=1S/C24H31N5O7S3/c1-16-11-29(17(2)14-30)24(31)19-10-18(26-38(32,33)23-6-5-9-37-23)7-8-20(19)36-21(16)12-28(4)39(34,35)22-13-27(3)15-25-22/h5-10,13,15-17,21,26,30H,11-12,14H2,1-4H3/t16-,17+,21-/m1/s1. The number of aliphatic hydroxyl groups is 1. The molecule has 0 fully saturated rings. The second kappa shape index (κ2) is 11.3. The first-order valence-electron chi connectivity index (χ1n) is 12.1. The molecule has 2 aromatic heterocycles. The summed E-state index contributed by atoms with van der Waals surface area (Å²) in [6.07, 6.45) is 2.13. The number of nitrogens with one attached hydrogen (secondary N) is 1. The molecule has 0 saturated carbocycles. The number of hydrogen-bond donors (Lipinski definition) is 2. The van der Waals surface area contributed by atoms with E-state index in [0.29, 0.717) is 0 Å². The second-order valence-corrected chi connectivity index (χ2v) is 14.4. The van der Waals surface area contributed by atoms with Crippen molar-refractivity contribution in [2.45, 2.75) is 35.2 Å².